The zero-order valence-electron chi connectivity index (χ0n) is 24.3. The molecule has 2 amide bonds. The van der Waals surface area contributed by atoms with E-state index < -0.39 is 102 Å². The van der Waals surface area contributed by atoms with Crippen LogP contribution in [0.25, 0.3) is 0 Å². The quantitative estimate of drug-likeness (QED) is 0.118. The maximum Gasteiger partial charge on any atom is 0.340 e. The summed E-state index contributed by atoms with van der Waals surface area (Å²) >= 11 is 0. The van der Waals surface area contributed by atoms with E-state index in [0.29, 0.717) is 5.01 Å². The van der Waals surface area contributed by atoms with E-state index in [4.69, 9.17) is 14.2 Å². The van der Waals surface area contributed by atoms with Crippen molar-refractivity contribution in [2.45, 2.75) is 62.4 Å². The van der Waals surface area contributed by atoms with Crippen molar-refractivity contribution >= 4 is 23.4 Å². The highest BCUT2D eigenvalue weighted by Gasteiger charge is 2.50. The minimum Gasteiger partial charge on any atom is -0.507 e. The van der Waals surface area contributed by atoms with Crippen molar-refractivity contribution in [3.8, 4) is 17.2 Å². The number of methoxy groups -OCH3 is 1. The predicted molar refractivity (Wildman–Crippen MR) is 150 cm³/mol. The zero-order valence-corrected chi connectivity index (χ0v) is 24.3. The van der Waals surface area contributed by atoms with Gasteiger partial charge >= 0.3 is 6.03 Å². The molecule has 0 saturated carbocycles. The topological polar surface area (TPSA) is 242 Å². The third-order valence-electron chi connectivity index (χ3n) is 8.49. The molecule has 6 atom stereocenters. The molecule has 16 nitrogen and oxygen atoms in total. The number of benzene rings is 2. The first-order chi connectivity index (χ1) is 21.3. The average Bonchev–Trinajstić information content (AvgIpc) is 3.02. The number of ketones is 3. The smallest absolute Gasteiger partial charge is 0.340 e. The molecule has 0 spiro atoms. The molecule has 1 aliphatic heterocycles. The second-order valence-electron chi connectivity index (χ2n) is 11.2. The van der Waals surface area contributed by atoms with Crippen LogP contribution in [-0.4, -0.2) is 105 Å². The Balaban J connectivity index is 1.61. The summed E-state index contributed by atoms with van der Waals surface area (Å²) in [6, 6.07) is 2.30. The van der Waals surface area contributed by atoms with Crippen molar-refractivity contribution in [3.05, 3.63) is 56.5 Å². The van der Waals surface area contributed by atoms with Crippen molar-refractivity contribution in [3.63, 3.8) is 0 Å². The van der Waals surface area contributed by atoms with Crippen molar-refractivity contribution in [2.24, 2.45) is 5.29 Å². The van der Waals surface area contributed by atoms with Crippen molar-refractivity contribution in [1.29, 1.82) is 0 Å². The molecule has 1 saturated heterocycles. The van der Waals surface area contributed by atoms with Gasteiger partial charge in [-0.05, 0) is 13.0 Å². The molecule has 240 valence electrons. The van der Waals surface area contributed by atoms with Crippen LogP contribution in [-0.2, 0) is 20.7 Å². The number of urea groups is 1. The lowest BCUT2D eigenvalue weighted by Crippen LogP contribution is -2.57. The first kappa shape index (κ1) is 31.9. The molecule has 5 rings (SSSR count). The third kappa shape index (κ3) is 5.19. The number of nitrogens with one attached hydrogen (secondary N) is 1. The number of aromatic hydroxyl groups is 2. The van der Waals surface area contributed by atoms with Crippen LogP contribution in [0.5, 0.6) is 17.2 Å². The van der Waals surface area contributed by atoms with Crippen LogP contribution in [0.1, 0.15) is 68.8 Å². The average molecular weight is 630 g/mol. The van der Waals surface area contributed by atoms with E-state index in [0.717, 1.165) is 7.05 Å². The SMILES string of the molecule is COc1cccc2c1C(=O)c1c(O)c3c(c(O)c1C2=O)C[C@@](O)(C(=O)CO)C[C@@H]3O[C@H]1C[C@H](NC(=O)N(C)N=O)[C@H](O)[C@H](C)O1. The van der Waals surface area contributed by atoms with E-state index in [1.54, 1.807) is 0 Å². The van der Waals surface area contributed by atoms with Gasteiger partial charge in [-0.25, -0.2) is 4.79 Å². The fourth-order valence-electron chi connectivity index (χ4n) is 6.15. The van der Waals surface area contributed by atoms with Gasteiger partial charge in [-0.3, -0.25) is 14.4 Å². The van der Waals surface area contributed by atoms with Crippen molar-refractivity contribution < 1.29 is 58.9 Å². The Morgan fingerprint density at radius 3 is 2.49 bits per heavy atom. The fourth-order valence-corrected chi connectivity index (χ4v) is 6.15. The number of phenolic OH excluding ortho intramolecular Hbond substituents is 2. The van der Waals surface area contributed by atoms with Crippen LogP contribution in [0.3, 0.4) is 0 Å². The Hall–Kier alpha value is -4.48. The van der Waals surface area contributed by atoms with E-state index in [1.165, 1.54) is 32.2 Å². The van der Waals surface area contributed by atoms with E-state index >= 15 is 0 Å². The van der Waals surface area contributed by atoms with Gasteiger partial charge in [0.25, 0.3) is 0 Å². The molecule has 1 fully saturated rings. The number of fused-ring (bicyclic) bond motifs is 3. The van der Waals surface area contributed by atoms with Gasteiger partial charge in [0, 0.05) is 43.0 Å². The zero-order chi connectivity index (χ0) is 33.0. The summed E-state index contributed by atoms with van der Waals surface area (Å²) in [5.41, 5.74) is -4.15. The maximum absolute atomic E-state index is 13.8. The summed E-state index contributed by atoms with van der Waals surface area (Å²) in [6.07, 6.45) is -6.47. The highest BCUT2D eigenvalue weighted by molar-refractivity contribution is 6.31. The number of Topliss-reactive ketones (excluding diaryl/α,β-unsaturated/α-hetero) is 1. The van der Waals surface area contributed by atoms with Crippen LogP contribution >= 0.6 is 0 Å². The molecule has 0 aromatic heterocycles. The lowest BCUT2D eigenvalue weighted by molar-refractivity contribution is -0.249. The number of aliphatic hydroxyl groups is 3. The van der Waals surface area contributed by atoms with Gasteiger partial charge in [0.1, 0.15) is 35.6 Å². The number of phenols is 2. The molecule has 2 aliphatic carbocycles. The standard InChI is InChI=1S/C29H31N3O13/c1-11-23(35)14(30-28(40)32(2)31-42)7-18(44-11)45-16-9-29(41,17(34)10-33)8-13-20(16)27(39)22-21(25(13)37)24(36)12-5-4-6-15(43-3)19(12)26(22)38/h4-6,11,14,16,18,23,33,35,37,39,41H,7-10H2,1-3H3,(H,30,40)/t11-,14-,16-,18-,23+,29-/m0/s1. The molecule has 16 heteroatoms. The molecule has 0 radical (unpaired) electrons. The Bertz CT molecular complexity index is 1610. The highest BCUT2D eigenvalue weighted by Crippen LogP contribution is 2.52. The van der Waals surface area contributed by atoms with Crippen LogP contribution in [0, 0.1) is 4.91 Å². The van der Waals surface area contributed by atoms with Crippen molar-refractivity contribution in [2.75, 3.05) is 20.8 Å². The number of amides is 2. The normalized spacial score (nSPS) is 27.1. The van der Waals surface area contributed by atoms with Crippen LogP contribution in [0.2, 0.25) is 0 Å². The first-order valence-corrected chi connectivity index (χ1v) is 13.9. The lowest BCUT2D eigenvalue weighted by atomic mass is 9.72. The number of aliphatic hydroxyl groups excluding tert-OH is 2. The van der Waals surface area contributed by atoms with Gasteiger partial charge in [0.05, 0.1) is 47.3 Å². The summed E-state index contributed by atoms with van der Waals surface area (Å²) in [5, 5.41) is 60.0. The molecule has 45 heavy (non-hydrogen) atoms. The molecular formula is C29H31N3O13. The molecule has 2 aromatic carbocycles. The number of ether oxygens (including phenoxy) is 3. The third-order valence-corrected chi connectivity index (χ3v) is 8.49. The van der Waals surface area contributed by atoms with Crippen LogP contribution in [0.4, 0.5) is 4.79 Å². The minimum atomic E-state index is -2.35. The molecule has 0 bridgehead atoms. The predicted octanol–water partition coefficient (Wildman–Crippen LogP) is 0.365. The number of nitroso groups, excluding NO2 is 1. The van der Waals surface area contributed by atoms with Crippen LogP contribution in [0.15, 0.2) is 23.5 Å². The van der Waals surface area contributed by atoms with E-state index in [-0.39, 0.29) is 34.4 Å². The van der Waals surface area contributed by atoms with Gasteiger partial charge in [-0.15, -0.1) is 4.91 Å². The summed E-state index contributed by atoms with van der Waals surface area (Å²) < 4.78 is 17.1. The summed E-state index contributed by atoms with van der Waals surface area (Å²) in [6.45, 7) is 0.382. The highest BCUT2D eigenvalue weighted by atomic mass is 16.7. The molecule has 1 heterocycles. The van der Waals surface area contributed by atoms with Crippen LogP contribution < -0.4 is 10.1 Å². The Morgan fingerprint density at radius 1 is 1.16 bits per heavy atom. The van der Waals surface area contributed by atoms with Crippen molar-refractivity contribution in [1.82, 2.24) is 10.3 Å². The summed E-state index contributed by atoms with van der Waals surface area (Å²) in [5.74, 6) is -4.16. The second kappa shape index (κ2) is 11.8. The lowest BCUT2D eigenvalue weighted by Gasteiger charge is -2.43. The molecule has 2 aromatic rings. The van der Waals surface area contributed by atoms with Gasteiger partial charge in [-0.1, -0.05) is 12.1 Å². The van der Waals surface area contributed by atoms with Gasteiger partial charge in [-0.2, -0.15) is 5.01 Å². The molecule has 3 aliphatic rings. The molecule has 6 N–H and O–H groups in total. The Labute approximate surface area is 255 Å². The number of carbonyl (C=O) groups is 4. The number of nitrogens with zero attached hydrogens (tertiary/aromatic N) is 2. The minimum absolute atomic E-state index is 0.0514. The summed E-state index contributed by atoms with van der Waals surface area (Å²) in [4.78, 5) is 63.1. The molecular weight excluding hydrogens is 598 g/mol. The number of hydrogen-bond acceptors (Lipinski definition) is 14. The molecule has 0 unspecified atom stereocenters. The number of carbonyl (C=O) groups excluding carboxylic acids is 4. The van der Waals surface area contributed by atoms with E-state index in [1.807, 2.05) is 0 Å². The van der Waals surface area contributed by atoms with Gasteiger partial charge in [0.2, 0.25) is 5.78 Å². The van der Waals surface area contributed by atoms with E-state index in [2.05, 4.69) is 10.6 Å². The Morgan fingerprint density at radius 2 is 1.84 bits per heavy atom. The maximum atomic E-state index is 13.8. The Kier molecular flexibility index (Phi) is 8.37. The second-order valence-corrected chi connectivity index (χ2v) is 11.2. The van der Waals surface area contributed by atoms with E-state index in [9.17, 15) is 49.6 Å². The number of hydrogen-bond donors (Lipinski definition) is 6. The largest absolute Gasteiger partial charge is 0.507 e. The fraction of sp³-hybridized carbons (Fsp3) is 0.448. The first-order valence-electron chi connectivity index (χ1n) is 13.9. The summed E-state index contributed by atoms with van der Waals surface area (Å²) in [7, 11) is 2.39. The monoisotopic (exact) mass is 629 g/mol. The van der Waals surface area contributed by atoms with Gasteiger partial charge in [0.15, 0.2) is 17.9 Å². The number of rotatable bonds is 7. The van der Waals surface area contributed by atoms with Gasteiger partial charge < -0.3 is 45.1 Å².